The smallest absolute Gasteiger partial charge is 0.123 e. The van der Waals surface area contributed by atoms with Gasteiger partial charge < -0.3 is 5.43 Å². The highest BCUT2D eigenvalue weighted by Gasteiger charge is 1.99. The fourth-order valence-electron chi connectivity index (χ4n) is 1.13. The maximum atomic E-state index is 12.6. The maximum Gasteiger partial charge on any atom is 0.123 e. The molecule has 2 rings (SSSR count). The van der Waals surface area contributed by atoms with Crippen molar-refractivity contribution in [2.45, 2.75) is 0 Å². The van der Waals surface area contributed by atoms with Gasteiger partial charge in [-0.2, -0.15) is 5.10 Å². The summed E-state index contributed by atoms with van der Waals surface area (Å²) in [5, 5.41) is 4.04. The van der Waals surface area contributed by atoms with Crippen molar-refractivity contribution >= 4 is 5.69 Å². The number of nitrogens with zero attached hydrogens (tertiary/aromatic N) is 2. The first-order valence-corrected chi connectivity index (χ1v) is 4.07. The molecular weight excluding hydrogens is 183 g/mol. The van der Waals surface area contributed by atoms with E-state index in [1.54, 1.807) is 29.2 Å². The first-order valence-electron chi connectivity index (χ1n) is 4.07. The molecule has 14 heavy (non-hydrogen) atoms. The maximum absolute atomic E-state index is 12.6. The van der Waals surface area contributed by atoms with Crippen LogP contribution in [0.15, 0.2) is 36.7 Å². The van der Waals surface area contributed by atoms with E-state index in [0.717, 1.165) is 5.69 Å². The minimum atomic E-state index is -0.266. The molecule has 0 unspecified atom stereocenters. The highest BCUT2D eigenvalue weighted by molar-refractivity contribution is 5.41. The number of hydrogen-bond donors (Lipinski definition) is 2. The molecule has 0 radical (unpaired) electrons. The minimum absolute atomic E-state index is 0.266. The van der Waals surface area contributed by atoms with E-state index in [0.29, 0.717) is 5.69 Å². The molecule has 0 bridgehead atoms. The molecular formula is C9H9FN4. The van der Waals surface area contributed by atoms with Crippen LogP contribution in [0.2, 0.25) is 0 Å². The Bertz CT molecular complexity index is 421. The number of benzene rings is 1. The van der Waals surface area contributed by atoms with Gasteiger partial charge >= 0.3 is 0 Å². The predicted molar refractivity (Wildman–Crippen MR) is 51.3 cm³/mol. The largest absolute Gasteiger partial charge is 0.321 e. The summed E-state index contributed by atoms with van der Waals surface area (Å²) in [6.45, 7) is 0. The van der Waals surface area contributed by atoms with Gasteiger partial charge in [-0.15, -0.1) is 0 Å². The fourth-order valence-corrected chi connectivity index (χ4v) is 1.13. The summed E-state index contributed by atoms with van der Waals surface area (Å²) in [5.41, 5.74) is 3.96. The minimum Gasteiger partial charge on any atom is -0.321 e. The lowest BCUT2D eigenvalue weighted by molar-refractivity contribution is 0.627. The van der Waals surface area contributed by atoms with E-state index in [9.17, 15) is 4.39 Å². The van der Waals surface area contributed by atoms with E-state index in [4.69, 9.17) is 5.84 Å². The number of hydrazine groups is 1. The third-order valence-electron chi connectivity index (χ3n) is 1.84. The van der Waals surface area contributed by atoms with Crippen LogP contribution in [0.5, 0.6) is 0 Å². The first kappa shape index (κ1) is 8.71. The predicted octanol–water partition coefficient (Wildman–Crippen LogP) is 1.30. The monoisotopic (exact) mass is 192 g/mol. The zero-order chi connectivity index (χ0) is 9.97. The number of nitrogen functional groups attached to an aromatic ring is 1. The van der Waals surface area contributed by atoms with Crippen LogP contribution < -0.4 is 11.3 Å². The van der Waals surface area contributed by atoms with E-state index in [1.807, 2.05) is 0 Å². The molecule has 1 heterocycles. The van der Waals surface area contributed by atoms with E-state index in [1.165, 1.54) is 12.1 Å². The molecule has 0 aliphatic rings. The van der Waals surface area contributed by atoms with Crippen LogP contribution >= 0.6 is 0 Å². The number of hydrogen-bond acceptors (Lipinski definition) is 3. The summed E-state index contributed by atoms with van der Waals surface area (Å²) in [6.07, 6.45) is 3.30. The average molecular weight is 192 g/mol. The Morgan fingerprint density at radius 2 is 2.00 bits per heavy atom. The molecule has 0 atom stereocenters. The van der Waals surface area contributed by atoms with Crippen molar-refractivity contribution in [3.05, 3.63) is 42.5 Å². The zero-order valence-corrected chi connectivity index (χ0v) is 7.31. The standard InChI is InChI=1S/C9H9FN4/c10-7-1-3-9(4-2-7)14-6-8(13-11)5-12-14/h1-6,13H,11H2. The van der Waals surface area contributed by atoms with E-state index in [2.05, 4.69) is 10.5 Å². The molecule has 0 amide bonds. The molecule has 0 saturated heterocycles. The van der Waals surface area contributed by atoms with E-state index >= 15 is 0 Å². The summed E-state index contributed by atoms with van der Waals surface area (Å²) in [6, 6.07) is 6.05. The van der Waals surface area contributed by atoms with Crippen molar-refractivity contribution in [2.75, 3.05) is 5.43 Å². The van der Waals surface area contributed by atoms with Gasteiger partial charge in [0.2, 0.25) is 0 Å². The molecule has 2 aromatic rings. The van der Waals surface area contributed by atoms with Gasteiger partial charge in [0.25, 0.3) is 0 Å². The topological polar surface area (TPSA) is 55.9 Å². The average Bonchev–Trinajstić information content (AvgIpc) is 2.67. The molecule has 5 heteroatoms. The Kier molecular flexibility index (Phi) is 2.16. The van der Waals surface area contributed by atoms with Gasteiger partial charge in [-0.05, 0) is 24.3 Å². The van der Waals surface area contributed by atoms with E-state index < -0.39 is 0 Å². The van der Waals surface area contributed by atoms with Crippen molar-refractivity contribution in [2.24, 2.45) is 5.84 Å². The Labute approximate surface area is 80.1 Å². The Hall–Kier alpha value is -1.88. The summed E-state index contributed by atoms with van der Waals surface area (Å²) >= 11 is 0. The van der Waals surface area contributed by atoms with Crippen LogP contribution in [-0.2, 0) is 0 Å². The molecule has 3 N–H and O–H groups in total. The number of aromatic nitrogens is 2. The fraction of sp³-hybridized carbons (Fsp3) is 0. The third kappa shape index (κ3) is 1.57. The highest BCUT2D eigenvalue weighted by Crippen LogP contribution is 2.11. The van der Waals surface area contributed by atoms with Crippen molar-refractivity contribution < 1.29 is 4.39 Å². The highest BCUT2D eigenvalue weighted by atomic mass is 19.1. The molecule has 1 aromatic heterocycles. The lowest BCUT2D eigenvalue weighted by Gasteiger charge is -1.99. The van der Waals surface area contributed by atoms with Crippen LogP contribution in [0, 0.1) is 5.82 Å². The van der Waals surface area contributed by atoms with E-state index in [-0.39, 0.29) is 5.82 Å². The lowest BCUT2D eigenvalue weighted by atomic mass is 10.3. The molecule has 4 nitrogen and oxygen atoms in total. The van der Waals surface area contributed by atoms with Crippen LogP contribution in [0.3, 0.4) is 0 Å². The first-order chi connectivity index (χ1) is 6.79. The second-order valence-corrected chi connectivity index (χ2v) is 2.79. The molecule has 0 aliphatic carbocycles. The van der Waals surface area contributed by atoms with Gasteiger partial charge in [0, 0.05) is 0 Å². The Morgan fingerprint density at radius 3 is 2.57 bits per heavy atom. The van der Waals surface area contributed by atoms with Crippen molar-refractivity contribution in [3.8, 4) is 5.69 Å². The van der Waals surface area contributed by atoms with Gasteiger partial charge in [0.05, 0.1) is 23.8 Å². The number of nitrogens with two attached hydrogens (primary N) is 1. The Morgan fingerprint density at radius 1 is 1.29 bits per heavy atom. The quantitative estimate of drug-likeness (QED) is 0.557. The van der Waals surface area contributed by atoms with Crippen LogP contribution in [0.4, 0.5) is 10.1 Å². The second kappa shape index (κ2) is 3.47. The third-order valence-corrected chi connectivity index (χ3v) is 1.84. The summed E-state index contributed by atoms with van der Waals surface area (Å²) < 4.78 is 14.2. The SMILES string of the molecule is NNc1cnn(-c2ccc(F)cc2)c1. The van der Waals surface area contributed by atoms with Gasteiger partial charge in [0.15, 0.2) is 0 Å². The molecule has 0 spiro atoms. The van der Waals surface area contributed by atoms with Gasteiger partial charge in [-0.3, -0.25) is 5.84 Å². The van der Waals surface area contributed by atoms with Gasteiger partial charge in [-0.25, -0.2) is 9.07 Å². The van der Waals surface area contributed by atoms with Crippen molar-refractivity contribution in [1.82, 2.24) is 9.78 Å². The molecule has 0 saturated carbocycles. The van der Waals surface area contributed by atoms with Gasteiger partial charge in [0.1, 0.15) is 5.82 Å². The molecule has 1 aromatic carbocycles. The Balaban J connectivity index is 2.34. The number of rotatable bonds is 2. The van der Waals surface area contributed by atoms with Crippen molar-refractivity contribution in [3.63, 3.8) is 0 Å². The number of halogens is 1. The zero-order valence-electron chi connectivity index (χ0n) is 7.31. The van der Waals surface area contributed by atoms with Crippen LogP contribution in [-0.4, -0.2) is 9.78 Å². The lowest BCUT2D eigenvalue weighted by Crippen LogP contribution is -2.05. The van der Waals surface area contributed by atoms with Crippen LogP contribution in [0.25, 0.3) is 5.69 Å². The molecule has 0 aliphatic heterocycles. The summed E-state index contributed by atoms with van der Waals surface area (Å²) in [7, 11) is 0. The molecule has 0 fully saturated rings. The molecule has 72 valence electrons. The number of anilines is 1. The summed E-state index contributed by atoms with van der Waals surface area (Å²) in [5.74, 6) is 4.94. The van der Waals surface area contributed by atoms with Crippen molar-refractivity contribution in [1.29, 1.82) is 0 Å². The van der Waals surface area contributed by atoms with Gasteiger partial charge in [-0.1, -0.05) is 0 Å². The second-order valence-electron chi connectivity index (χ2n) is 2.79. The summed E-state index contributed by atoms with van der Waals surface area (Å²) in [4.78, 5) is 0. The normalized spacial score (nSPS) is 10.1. The van der Waals surface area contributed by atoms with Crippen LogP contribution in [0.1, 0.15) is 0 Å². The number of nitrogens with one attached hydrogen (secondary N) is 1.